The van der Waals surface area contributed by atoms with Gasteiger partial charge in [-0.2, -0.15) is 13.8 Å². The summed E-state index contributed by atoms with van der Waals surface area (Å²) in [5.41, 5.74) is 0.789. The van der Waals surface area contributed by atoms with E-state index in [1.54, 1.807) is 12.1 Å². The van der Waals surface area contributed by atoms with Crippen LogP contribution in [0.2, 0.25) is 0 Å². The molecule has 2 aromatic heterocycles. The van der Waals surface area contributed by atoms with Crippen LogP contribution in [0, 0.1) is 5.82 Å². The van der Waals surface area contributed by atoms with E-state index in [4.69, 9.17) is 4.74 Å². The summed E-state index contributed by atoms with van der Waals surface area (Å²) in [7, 11) is 0. The van der Waals surface area contributed by atoms with Crippen molar-refractivity contribution in [1.82, 2.24) is 15.0 Å². The van der Waals surface area contributed by atoms with Gasteiger partial charge in [0.15, 0.2) is 11.6 Å². The van der Waals surface area contributed by atoms with Crippen LogP contribution in [-0.4, -0.2) is 46.9 Å². The molecule has 4 rings (SSSR count). The number of morpholine rings is 1. The van der Waals surface area contributed by atoms with Gasteiger partial charge in [-0.15, -0.1) is 0 Å². The predicted molar refractivity (Wildman–Crippen MR) is 117 cm³/mol. The molecule has 33 heavy (non-hydrogen) atoms. The Morgan fingerprint density at radius 3 is 2.55 bits per heavy atom. The second kappa shape index (κ2) is 9.49. The molecule has 3 aromatic rings. The van der Waals surface area contributed by atoms with E-state index in [2.05, 4.69) is 25.0 Å². The smallest absolute Gasteiger partial charge is 0.387 e. The van der Waals surface area contributed by atoms with Crippen molar-refractivity contribution in [3.8, 4) is 16.9 Å². The number of nitrogens with one attached hydrogen (secondary N) is 2. The highest BCUT2D eigenvalue weighted by Gasteiger charge is 2.28. The maximum absolute atomic E-state index is 14.5. The summed E-state index contributed by atoms with van der Waals surface area (Å²) in [6.07, 6.45) is 2.52. The first-order valence-electron chi connectivity index (χ1n) is 10.3. The van der Waals surface area contributed by atoms with E-state index < -0.39 is 18.0 Å². The van der Waals surface area contributed by atoms with Gasteiger partial charge in [-0.3, -0.25) is 4.79 Å². The molecule has 0 radical (unpaired) electrons. The molecule has 0 bridgehead atoms. The van der Waals surface area contributed by atoms with Crippen molar-refractivity contribution in [3.63, 3.8) is 0 Å². The predicted octanol–water partition coefficient (Wildman–Crippen LogP) is 3.93. The molecule has 0 saturated carbocycles. The third-order valence-corrected chi connectivity index (χ3v) is 5.20. The number of anilines is 3. The van der Waals surface area contributed by atoms with Crippen LogP contribution in [0.3, 0.4) is 0 Å². The summed E-state index contributed by atoms with van der Waals surface area (Å²) in [5, 5.41) is 2.75. The molecule has 1 aromatic carbocycles. The topological polar surface area (TPSA) is 92.4 Å². The number of hydrogen-bond donors (Lipinski definition) is 2. The minimum Gasteiger partial charge on any atom is -0.435 e. The molecule has 2 atom stereocenters. The molecule has 1 aliphatic heterocycles. The van der Waals surface area contributed by atoms with Gasteiger partial charge in [0, 0.05) is 11.8 Å². The number of rotatable bonds is 6. The van der Waals surface area contributed by atoms with Crippen LogP contribution in [0.4, 0.5) is 30.6 Å². The average molecular weight is 461 g/mol. The van der Waals surface area contributed by atoms with Gasteiger partial charge in [0.2, 0.25) is 5.95 Å². The molecule has 8 nitrogen and oxygen atoms in total. The third kappa shape index (κ3) is 5.08. The zero-order valence-electron chi connectivity index (χ0n) is 17.9. The van der Waals surface area contributed by atoms with Crippen molar-refractivity contribution < 1.29 is 22.6 Å². The zero-order chi connectivity index (χ0) is 23.5. The van der Waals surface area contributed by atoms with Crippen molar-refractivity contribution in [1.29, 1.82) is 0 Å². The third-order valence-electron chi connectivity index (χ3n) is 5.20. The number of hydrogen-bond acceptors (Lipinski definition) is 7. The van der Waals surface area contributed by atoms with Gasteiger partial charge in [0.1, 0.15) is 11.4 Å². The van der Waals surface area contributed by atoms with E-state index in [0.29, 0.717) is 30.3 Å². The fourth-order valence-electron chi connectivity index (χ4n) is 3.67. The molecule has 11 heteroatoms. The molecule has 1 aliphatic rings. The number of benzene rings is 1. The summed E-state index contributed by atoms with van der Waals surface area (Å²) in [5.74, 6) is -0.525. The van der Waals surface area contributed by atoms with Gasteiger partial charge in [-0.1, -0.05) is 12.1 Å². The Bertz CT molecular complexity index is 1160. The van der Waals surface area contributed by atoms with Gasteiger partial charge in [0.25, 0.3) is 5.56 Å². The van der Waals surface area contributed by atoms with Crippen LogP contribution in [0.15, 0.2) is 47.5 Å². The fraction of sp³-hybridized carbons (Fsp3) is 0.318. The van der Waals surface area contributed by atoms with Crippen LogP contribution in [0.25, 0.3) is 11.1 Å². The number of ether oxygens (including phenoxy) is 2. The number of nitrogens with zero attached hydrogens (tertiary/aromatic N) is 3. The first-order chi connectivity index (χ1) is 15.8. The van der Waals surface area contributed by atoms with Gasteiger partial charge >= 0.3 is 6.61 Å². The van der Waals surface area contributed by atoms with E-state index in [1.807, 2.05) is 18.7 Å². The Labute approximate surface area is 187 Å². The summed E-state index contributed by atoms with van der Waals surface area (Å²) < 4.78 is 49.1. The van der Waals surface area contributed by atoms with Gasteiger partial charge < -0.3 is 24.7 Å². The minimum absolute atomic E-state index is 0.00388. The minimum atomic E-state index is -2.92. The van der Waals surface area contributed by atoms with E-state index >= 15 is 0 Å². The van der Waals surface area contributed by atoms with Crippen molar-refractivity contribution in [3.05, 3.63) is 58.9 Å². The average Bonchev–Trinajstić information content (AvgIpc) is 2.77. The monoisotopic (exact) mass is 461 g/mol. The van der Waals surface area contributed by atoms with E-state index in [0.717, 1.165) is 6.20 Å². The second-order valence-electron chi connectivity index (χ2n) is 7.67. The van der Waals surface area contributed by atoms with E-state index in [1.165, 1.54) is 24.4 Å². The first kappa shape index (κ1) is 22.6. The lowest BCUT2D eigenvalue weighted by Gasteiger charge is -2.38. The normalized spacial score (nSPS) is 18.4. The van der Waals surface area contributed by atoms with Crippen molar-refractivity contribution in [2.75, 3.05) is 23.4 Å². The molecule has 1 fully saturated rings. The summed E-state index contributed by atoms with van der Waals surface area (Å²) in [6, 6.07) is 7.43. The van der Waals surface area contributed by atoms with E-state index in [-0.39, 0.29) is 29.3 Å². The summed E-state index contributed by atoms with van der Waals surface area (Å²) >= 11 is 0. The second-order valence-corrected chi connectivity index (χ2v) is 7.67. The standard InChI is InChI=1S/C22H22F3N5O3/c1-12-10-32-11-13(2)30(12)22-27-9-17(23)19(29-22)28-18-7-15(8-26-20(18)31)14-3-5-16(6-4-14)33-21(24)25/h3-9,12-13,21H,10-11H2,1-2H3,(H,26,31)(H,27,28,29). The van der Waals surface area contributed by atoms with Gasteiger partial charge in [0.05, 0.1) is 31.5 Å². The number of alkyl halides is 2. The maximum atomic E-state index is 14.5. The Hall–Kier alpha value is -3.60. The van der Waals surface area contributed by atoms with Crippen LogP contribution in [0.5, 0.6) is 5.75 Å². The molecule has 1 saturated heterocycles. The highest BCUT2D eigenvalue weighted by Crippen LogP contribution is 2.26. The van der Waals surface area contributed by atoms with Gasteiger partial charge in [-0.25, -0.2) is 9.37 Å². The largest absolute Gasteiger partial charge is 0.435 e. The zero-order valence-corrected chi connectivity index (χ0v) is 17.9. The Morgan fingerprint density at radius 2 is 1.88 bits per heavy atom. The highest BCUT2D eigenvalue weighted by atomic mass is 19.3. The lowest BCUT2D eigenvalue weighted by molar-refractivity contribution is -0.0498. The van der Waals surface area contributed by atoms with Crippen LogP contribution < -0.4 is 20.5 Å². The Balaban J connectivity index is 1.61. The van der Waals surface area contributed by atoms with Crippen molar-refractivity contribution >= 4 is 17.5 Å². The molecule has 0 spiro atoms. The molecular formula is C22H22F3N5O3. The SMILES string of the molecule is CC1COCC(C)N1c1ncc(F)c(Nc2cc(-c3ccc(OC(F)F)cc3)c[nH]c2=O)n1. The lowest BCUT2D eigenvalue weighted by atomic mass is 10.1. The van der Waals surface area contributed by atoms with Crippen molar-refractivity contribution in [2.24, 2.45) is 0 Å². The Morgan fingerprint density at radius 1 is 1.18 bits per heavy atom. The highest BCUT2D eigenvalue weighted by molar-refractivity contribution is 5.69. The summed E-state index contributed by atoms with van der Waals surface area (Å²) in [4.78, 5) is 25.3. The molecule has 0 aliphatic carbocycles. The molecule has 3 heterocycles. The molecule has 2 unspecified atom stereocenters. The number of pyridine rings is 1. The van der Waals surface area contributed by atoms with Crippen LogP contribution in [-0.2, 0) is 4.74 Å². The first-order valence-corrected chi connectivity index (χ1v) is 10.3. The molecule has 2 N–H and O–H groups in total. The van der Waals surface area contributed by atoms with Crippen molar-refractivity contribution in [2.45, 2.75) is 32.5 Å². The fourth-order valence-corrected chi connectivity index (χ4v) is 3.67. The van der Waals surface area contributed by atoms with Crippen LogP contribution in [0.1, 0.15) is 13.8 Å². The summed E-state index contributed by atoms with van der Waals surface area (Å²) in [6.45, 7) is 1.99. The Kier molecular flexibility index (Phi) is 6.50. The number of H-pyrrole nitrogens is 1. The lowest BCUT2D eigenvalue weighted by Crippen LogP contribution is -2.50. The maximum Gasteiger partial charge on any atom is 0.387 e. The number of aromatic amines is 1. The molecule has 0 amide bonds. The van der Waals surface area contributed by atoms with Gasteiger partial charge in [-0.05, 0) is 37.6 Å². The quantitative estimate of drug-likeness (QED) is 0.575. The number of aromatic nitrogens is 3. The molecular weight excluding hydrogens is 439 g/mol. The van der Waals surface area contributed by atoms with Crippen LogP contribution >= 0.6 is 0 Å². The molecule has 174 valence electrons. The number of halogens is 3. The van der Waals surface area contributed by atoms with E-state index in [9.17, 15) is 18.0 Å².